The van der Waals surface area contributed by atoms with Gasteiger partial charge in [-0.1, -0.05) is 30.3 Å². The number of carbonyl (C=O) groups is 1. The predicted octanol–water partition coefficient (Wildman–Crippen LogP) is 0.465. The Balaban J connectivity index is 2.20. The Morgan fingerprint density at radius 2 is 1.68 bits per heavy atom. The molecule has 0 radical (unpaired) electrons. The molecule has 0 spiro atoms. The van der Waals surface area contributed by atoms with E-state index < -0.39 is 27.9 Å². The highest BCUT2D eigenvalue weighted by atomic mass is 32.2. The van der Waals surface area contributed by atoms with Gasteiger partial charge in [-0.05, 0) is 36.2 Å². The largest absolute Gasteiger partial charge is 0.548 e. The maximum Gasteiger partial charge on any atom is 0.241 e. The zero-order valence-corrected chi connectivity index (χ0v) is 12.2. The SMILES string of the molecule is O=C([O-])[C@H](Cc1ccccc1)NS(=O)(=O)c1ccc(F)cc1. The fraction of sp³-hybridized carbons (Fsp3) is 0.133. The van der Waals surface area contributed by atoms with Crippen molar-refractivity contribution in [2.45, 2.75) is 17.4 Å². The first-order chi connectivity index (χ1) is 10.4. The van der Waals surface area contributed by atoms with Crippen LogP contribution in [0, 0.1) is 5.82 Å². The standard InChI is InChI=1S/C15H14FNO4S/c16-12-6-8-13(9-7-12)22(20,21)17-14(15(18)19)10-11-4-2-1-3-5-11/h1-9,14,17H,10H2,(H,18,19)/p-1/t14-/m0/s1. The highest BCUT2D eigenvalue weighted by Gasteiger charge is 2.21. The maximum atomic E-state index is 12.8. The minimum absolute atomic E-state index is 0.0520. The van der Waals surface area contributed by atoms with Gasteiger partial charge in [-0.3, -0.25) is 0 Å². The summed E-state index contributed by atoms with van der Waals surface area (Å²) in [4.78, 5) is 11.0. The Bertz CT molecular complexity index is 745. The van der Waals surface area contributed by atoms with Gasteiger partial charge in [-0.25, -0.2) is 17.5 Å². The Kier molecular flexibility index (Phi) is 4.89. The fourth-order valence-corrected chi connectivity index (χ4v) is 3.08. The van der Waals surface area contributed by atoms with Crippen LogP contribution in [0.25, 0.3) is 0 Å². The minimum Gasteiger partial charge on any atom is -0.548 e. The van der Waals surface area contributed by atoms with Crippen LogP contribution in [0.1, 0.15) is 5.56 Å². The Morgan fingerprint density at radius 1 is 1.09 bits per heavy atom. The number of sulfonamides is 1. The average Bonchev–Trinajstić information content (AvgIpc) is 2.48. The van der Waals surface area contributed by atoms with Gasteiger partial charge in [0.15, 0.2) is 0 Å². The van der Waals surface area contributed by atoms with Crippen molar-refractivity contribution in [2.24, 2.45) is 0 Å². The third kappa shape index (κ3) is 4.12. The molecule has 1 N–H and O–H groups in total. The molecule has 0 heterocycles. The van der Waals surface area contributed by atoms with Crippen molar-refractivity contribution in [3.8, 4) is 0 Å². The van der Waals surface area contributed by atoms with Crippen molar-refractivity contribution >= 4 is 16.0 Å². The average molecular weight is 322 g/mol. The van der Waals surface area contributed by atoms with Gasteiger partial charge in [-0.15, -0.1) is 0 Å². The van der Waals surface area contributed by atoms with E-state index in [0.29, 0.717) is 5.56 Å². The number of rotatable bonds is 6. The monoisotopic (exact) mass is 322 g/mol. The van der Waals surface area contributed by atoms with Crippen molar-refractivity contribution in [1.82, 2.24) is 4.72 Å². The molecule has 0 bridgehead atoms. The number of hydrogen-bond acceptors (Lipinski definition) is 4. The molecule has 2 aromatic rings. The highest BCUT2D eigenvalue weighted by Crippen LogP contribution is 2.12. The molecule has 7 heteroatoms. The van der Waals surface area contributed by atoms with Gasteiger partial charge < -0.3 is 9.90 Å². The number of halogens is 1. The number of carbonyl (C=O) groups excluding carboxylic acids is 1. The lowest BCUT2D eigenvalue weighted by Gasteiger charge is -2.19. The van der Waals surface area contributed by atoms with Crippen LogP contribution in [0.15, 0.2) is 59.5 Å². The van der Waals surface area contributed by atoms with Gasteiger partial charge in [-0.2, -0.15) is 0 Å². The molecule has 0 amide bonds. The van der Waals surface area contributed by atoms with Crippen LogP contribution in [0.5, 0.6) is 0 Å². The van der Waals surface area contributed by atoms with E-state index in [1.807, 2.05) is 0 Å². The second-order valence-electron chi connectivity index (χ2n) is 4.64. The lowest BCUT2D eigenvalue weighted by Crippen LogP contribution is -2.49. The normalized spacial score (nSPS) is 12.8. The van der Waals surface area contributed by atoms with Crippen molar-refractivity contribution in [2.75, 3.05) is 0 Å². The van der Waals surface area contributed by atoms with E-state index in [0.717, 1.165) is 24.3 Å². The number of nitrogens with one attached hydrogen (secondary N) is 1. The summed E-state index contributed by atoms with van der Waals surface area (Å²) in [6.45, 7) is 0. The van der Waals surface area contributed by atoms with Gasteiger partial charge in [0, 0.05) is 0 Å². The first-order valence-corrected chi connectivity index (χ1v) is 7.89. The van der Waals surface area contributed by atoms with Crippen LogP contribution in [0.2, 0.25) is 0 Å². The summed E-state index contributed by atoms with van der Waals surface area (Å²) < 4.78 is 39.1. The molecule has 0 unspecified atom stereocenters. The van der Waals surface area contributed by atoms with Gasteiger partial charge in [0.2, 0.25) is 10.0 Å². The number of aliphatic carboxylic acids is 1. The lowest BCUT2D eigenvalue weighted by atomic mass is 10.1. The molecular formula is C15H13FNO4S-. The van der Waals surface area contributed by atoms with Crippen LogP contribution in [0.3, 0.4) is 0 Å². The first-order valence-electron chi connectivity index (χ1n) is 6.41. The molecule has 1 atom stereocenters. The summed E-state index contributed by atoms with van der Waals surface area (Å²) in [5, 5.41) is 11.2. The van der Waals surface area contributed by atoms with Crippen molar-refractivity contribution in [1.29, 1.82) is 0 Å². The van der Waals surface area contributed by atoms with E-state index >= 15 is 0 Å². The Labute approximate surface area is 127 Å². The number of benzene rings is 2. The summed E-state index contributed by atoms with van der Waals surface area (Å²) in [5.41, 5.74) is 0.651. The molecule has 5 nitrogen and oxygen atoms in total. The van der Waals surface area contributed by atoms with Crippen molar-refractivity contribution in [3.05, 3.63) is 66.0 Å². The molecule has 0 aromatic heterocycles. The van der Waals surface area contributed by atoms with E-state index in [4.69, 9.17) is 0 Å². The second-order valence-corrected chi connectivity index (χ2v) is 6.35. The van der Waals surface area contributed by atoms with E-state index in [1.54, 1.807) is 30.3 Å². The summed E-state index contributed by atoms with van der Waals surface area (Å²) in [5.74, 6) is -2.12. The van der Waals surface area contributed by atoms with Crippen LogP contribution >= 0.6 is 0 Å². The first kappa shape index (κ1) is 16.1. The molecule has 0 aliphatic rings. The van der Waals surface area contributed by atoms with E-state index in [1.165, 1.54) is 0 Å². The van der Waals surface area contributed by atoms with Crippen molar-refractivity contribution in [3.63, 3.8) is 0 Å². The summed E-state index contributed by atoms with van der Waals surface area (Å²) in [7, 11) is -4.08. The second kappa shape index (κ2) is 6.67. The molecule has 0 saturated heterocycles. The van der Waals surface area contributed by atoms with E-state index in [-0.39, 0.29) is 11.3 Å². The quantitative estimate of drug-likeness (QED) is 0.837. The molecule has 2 aromatic carbocycles. The van der Waals surface area contributed by atoms with Gasteiger partial charge in [0.25, 0.3) is 0 Å². The smallest absolute Gasteiger partial charge is 0.241 e. The zero-order valence-electron chi connectivity index (χ0n) is 11.4. The predicted molar refractivity (Wildman–Crippen MR) is 75.7 cm³/mol. The third-order valence-electron chi connectivity index (χ3n) is 2.99. The Hall–Kier alpha value is -2.25. The minimum atomic E-state index is -4.08. The molecule has 0 aliphatic heterocycles. The van der Waals surface area contributed by atoms with Gasteiger partial charge >= 0.3 is 0 Å². The molecule has 0 fully saturated rings. The third-order valence-corrected chi connectivity index (χ3v) is 4.48. The molecule has 22 heavy (non-hydrogen) atoms. The molecular weight excluding hydrogens is 309 g/mol. The zero-order chi connectivity index (χ0) is 16.2. The molecule has 2 rings (SSSR count). The van der Waals surface area contributed by atoms with E-state index in [2.05, 4.69) is 4.72 Å². The number of carboxylic acids is 1. The molecule has 0 aliphatic carbocycles. The molecule has 116 valence electrons. The van der Waals surface area contributed by atoms with E-state index in [9.17, 15) is 22.7 Å². The molecule has 0 saturated carbocycles. The fourth-order valence-electron chi connectivity index (χ4n) is 1.89. The van der Waals surface area contributed by atoms with Crippen molar-refractivity contribution < 1.29 is 22.7 Å². The van der Waals surface area contributed by atoms with Crippen LogP contribution in [-0.4, -0.2) is 20.4 Å². The van der Waals surface area contributed by atoms with Gasteiger partial charge in [0.1, 0.15) is 5.82 Å². The van der Waals surface area contributed by atoms with Crippen LogP contribution < -0.4 is 9.83 Å². The van der Waals surface area contributed by atoms with Crippen LogP contribution in [-0.2, 0) is 21.2 Å². The summed E-state index contributed by atoms with van der Waals surface area (Å²) >= 11 is 0. The lowest BCUT2D eigenvalue weighted by molar-refractivity contribution is -0.307. The summed E-state index contributed by atoms with van der Waals surface area (Å²) in [6, 6.07) is 11.2. The maximum absolute atomic E-state index is 12.8. The topological polar surface area (TPSA) is 86.3 Å². The highest BCUT2D eigenvalue weighted by molar-refractivity contribution is 7.89. The van der Waals surface area contributed by atoms with Gasteiger partial charge in [0.05, 0.1) is 16.9 Å². The number of hydrogen-bond donors (Lipinski definition) is 1. The number of carboxylic acid groups (broad SMARTS) is 1. The summed E-state index contributed by atoms with van der Waals surface area (Å²) in [6.07, 6.45) is -0.0520. The van der Waals surface area contributed by atoms with Crippen LogP contribution in [0.4, 0.5) is 4.39 Å². The Morgan fingerprint density at radius 3 is 2.23 bits per heavy atom.